The van der Waals surface area contributed by atoms with Crippen molar-refractivity contribution < 1.29 is 4.74 Å². The van der Waals surface area contributed by atoms with Crippen molar-refractivity contribution in [3.8, 4) is 0 Å². The fourth-order valence-electron chi connectivity index (χ4n) is 4.30. The largest absolute Gasteiger partial charge is 0.381 e. The lowest BCUT2D eigenvalue weighted by atomic mass is 9.67. The van der Waals surface area contributed by atoms with E-state index < -0.39 is 0 Å². The topological polar surface area (TPSA) is 24.5 Å². The van der Waals surface area contributed by atoms with Crippen LogP contribution in [0.4, 0.5) is 0 Å². The van der Waals surface area contributed by atoms with Gasteiger partial charge in [0, 0.05) is 32.8 Å². The molecule has 0 spiro atoms. The first-order chi connectivity index (χ1) is 9.56. The fraction of sp³-hybridized carbons (Fsp3) is 1.00. The fourth-order valence-corrected chi connectivity index (χ4v) is 4.30. The first-order valence-electron chi connectivity index (χ1n) is 8.55. The summed E-state index contributed by atoms with van der Waals surface area (Å²) in [7, 11) is 1.85. The van der Waals surface area contributed by atoms with Gasteiger partial charge in [-0.15, -0.1) is 0 Å². The van der Waals surface area contributed by atoms with E-state index in [0.717, 1.165) is 12.5 Å². The molecule has 0 radical (unpaired) electrons. The van der Waals surface area contributed by atoms with Crippen molar-refractivity contribution in [3.05, 3.63) is 0 Å². The van der Waals surface area contributed by atoms with E-state index in [1.165, 1.54) is 51.7 Å². The van der Waals surface area contributed by atoms with Crippen molar-refractivity contribution in [2.45, 2.75) is 65.0 Å². The second-order valence-corrected chi connectivity index (χ2v) is 7.41. The third kappa shape index (κ3) is 3.96. The van der Waals surface area contributed by atoms with Gasteiger partial charge >= 0.3 is 0 Å². The minimum absolute atomic E-state index is 0.448. The molecule has 3 nitrogen and oxygen atoms in total. The highest BCUT2D eigenvalue weighted by Crippen LogP contribution is 2.39. The van der Waals surface area contributed by atoms with Crippen LogP contribution < -0.4 is 5.32 Å². The third-order valence-corrected chi connectivity index (χ3v) is 5.49. The van der Waals surface area contributed by atoms with Crippen molar-refractivity contribution in [3.63, 3.8) is 0 Å². The number of piperidine rings is 1. The molecule has 3 heteroatoms. The number of ether oxygens (including phenoxy) is 1. The van der Waals surface area contributed by atoms with Crippen LogP contribution in [0.25, 0.3) is 0 Å². The molecular formula is C17H34N2O. The number of rotatable bonds is 5. The Bertz CT molecular complexity index is 285. The lowest BCUT2D eigenvalue weighted by Gasteiger charge is -2.46. The standard InChI is InChI=1S/C17H34N2O/c1-5-18-16-14(7-6-10-17(16,2)3)13-19-11-8-15(20-4)9-12-19/h14-16,18H,5-13H2,1-4H3. The zero-order valence-electron chi connectivity index (χ0n) is 14.0. The summed E-state index contributed by atoms with van der Waals surface area (Å²) in [5.41, 5.74) is 0.448. The summed E-state index contributed by atoms with van der Waals surface area (Å²) in [6, 6.07) is 0.682. The molecule has 0 aromatic heterocycles. The van der Waals surface area contributed by atoms with Crippen LogP contribution >= 0.6 is 0 Å². The van der Waals surface area contributed by atoms with E-state index in [-0.39, 0.29) is 0 Å². The lowest BCUT2D eigenvalue weighted by molar-refractivity contribution is 0.0220. The summed E-state index contributed by atoms with van der Waals surface area (Å²) >= 11 is 0. The number of likely N-dealkylation sites (tertiary alicyclic amines) is 1. The zero-order chi connectivity index (χ0) is 14.6. The highest BCUT2D eigenvalue weighted by atomic mass is 16.5. The number of hydrogen-bond donors (Lipinski definition) is 1. The molecule has 1 heterocycles. The first kappa shape index (κ1) is 16.3. The summed E-state index contributed by atoms with van der Waals surface area (Å²) < 4.78 is 5.48. The predicted octanol–water partition coefficient (Wildman–Crippen LogP) is 2.90. The van der Waals surface area contributed by atoms with E-state index in [4.69, 9.17) is 4.74 Å². The van der Waals surface area contributed by atoms with Crippen LogP contribution in [0.1, 0.15) is 52.9 Å². The van der Waals surface area contributed by atoms with E-state index in [9.17, 15) is 0 Å². The minimum atomic E-state index is 0.448. The first-order valence-corrected chi connectivity index (χ1v) is 8.55. The van der Waals surface area contributed by atoms with Crippen LogP contribution in [0.2, 0.25) is 0 Å². The van der Waals surface area contributed by atoms with Gasteiger partial charge in [0.05, 0.1) is 6.10 Å². The quantitative estimate of drug-likeness (QED) is 0.839. The Morgan fingerprint density at radius 2 is 1.90 bits per heavy atom. The summed E-state index contributed by atoms with van der Waals surface area (Å²) in [5.74, 6) is 0.817. The molecule has 1 saturated heterocycles. The molecule has 2 atom stereocenters. The molecule has 1 saturated carbocycles. The summed E-state index contributed by atoms with van der Waals surface area (Å²) in [6.45, 7) is 11.9. The molecule has 2 rings (SSSR count). The van der Waals surface area contributed by atoms with E-state index in [2.05, 4.69) is 31.0 Å². The van der Waals surface area contributed by atoms with Gasteiger partial charge in [-0.3, -0.25) is 0 Å². The molecule has 2 unspecified atom stereocenters. The number of methoxy groups -OCH3 is 1. The van der Waals surface area contributed by atoms with Crippen molar-refractivity contribution in [1.82, 2.24) is 10.2 Å². The van der Waals surface area contributed by atoms with E-state index in [0.29, 0.717) is 17.6 Å². The Labute approximate surface area is 125 Å². The van der Waals surface area contributed by atoms with Gasteiger partial charge in [0.25, 0.3) is 0 Å². The van der Waals surface area contributed by atoms with Gasteiger partial charge < -0.3 is 15.0 Å². The molecular weight excluding hydrogens is 248 g/mol. The molecule has 0 aromatic carbocycles. The maximum Gasteiger partial charge on any atom is 0.0595 e. The number of nitrogens with one attached hydrogen (secondary N) is 1. The average molecular weight is 282 g/mol. The second-order valence-electron chi connectivity index (χ2n) is 7.41. The van der Waals surface area contributed by atoms with E-state index >= 15 is 0 Å². The van der Waals surface area contributed by atoms with Crippen LogP contribution in [-0.4, -0.2) is 50.3 Å². The van der Waals surface area contributed by atoms with Gasteiger partial charge in [-0.1, -0.05) is 27.2 Å². The van der Waals surface area contributed by atoms with Gasteiger partial charge in [-0.2, -0.15) is 0 Å². The Kier molecular flexibility index (Phi) is 5.88. The smallest absolute Gasteiger partial charge is 0.0595 e. The Morgan fingerprint density at radius 3 is 2.50 bits per heavy atom. The van der Waals surface area contributed by atoms with Crippen molar-refractivity contribution in [2.75, 3.05) is 33.3 Å². The summed E-state index contributed by atoms with van der Waals surface area (Å²) in [4.78, 5) is 2.67. The Balaban J connectivity index is 1.89. The minimum Gasteiger partial charge on any atom is -0.381 e. The number of nitrogens with zero attached hydrogens (tertiary/aromatic N) is 1. The molecule has 2 fully saturated rings. The van der Waals surface area contributed by atoms with E-state index in [1.807, 2.05) is 7.11 Å². The molecule has 118 valence electrons. The average Bonchev–Trinajstić information content (AvgIpc) is 2.43. The molecule has 20 heavy (non-hydrogen) atoms. The Morgan fingerprint density at radius 1 is 1.20 bits per heavy atom. The second kappa shape index (κ2) is 7.24. The van der Waals surface area contributed by atoms with Crippen molar-refractivity contribution in [2.24, 2.45) is 11.3 Å². The number of hydrogen-bond acceptors (Lipinski definition) is 3. The molecule has 1 aliphatic carbocycles. The van der Waals surface area contributed by atoms with Gasteiger partial charge in [-0.25, -0.2) is 0 Å². The molecule has 1 aliphatic heterocycles. The lowest BCUT2D eigenvalue weighted by Crippen LogP contribution is -2.53. The molecule has 0 bridgehead atoms. The van der Waals surface area contributed by atoms with Gasteiger partial charge in [0.15, 0.2) is 0 Å². The molecule has 0 aromatic rings. The third-order valence-electron chi connectivity index (χ3n) is 5.49. The van der Waals surface area contributed by atoms with Crippen LogP contribution in [0.3, 0.4) is 0 Å². The van der Waals surface area contributed by atoms with Crippen LogP contribution in [0.15, 0.2) is 0 Å². The predicted molar refractivity (Wildman–Crippen MR) is 85.1 cm³/mol. The van der Waals surface area contributed by atoms with Gasteiger partial charge in [0.2, 0.25) is 0 Å². The van der Waals surface area contributed by atoms with Crippen LogP contribution in [0.5, 0.6) is 0 Å². The highest BCUT2D eigenvalue weighted by Gasteiger charge is 2.39. The van der Waals surface area contributed by atoms with Crippen LogP contribution in [0, 0.1) is 11.3 Å². The van der Waals surface area contributed by atoms with Gasteiger partial charge in [-0.05, 0) is 43.6 Å². The normalized spacial score (nSPS) is 32.4. The SMILES string of the molecule is CCNC1C(CN2CCC(OC)CC2)CCCC1(C)C. The summed E-state index contributed by atoms with van der Waals surface area (Å²) in [5, 5.41) is 3.78. The Hall–Kier alpha value is -0.120. The summed E-state index contributed by atoms with van der Waals surface area (Å²) in [6.07, 6.45) is 7.07. The zero-order valence-corrected chi connectivity index (χ0v) is 14.0. The van der Waals surface area contributed by atoms with E-state index in [1.54, 1.807) is 0 Å². The highest BCUT2D eigenvalue weighted by molar-refractivity contribution is 4.94. The van der Waals surface area contributed by atoms with Crippen molar-refractivity contribution in [1.29, 1.82) is 0 Å². The maximum absolute atomic E-state index is 5.48. The molecule has 2 aliphatic rings. The monoisotopic (exact) mass is 282 g/mol. The van der Waals surface area contributed by atoms with Gasteiger partial charge in [0.1, 0.15) is 0 Å². The molecule has 1 N–H and O–H groups in total. The maximum atomic E-state index is 5.48. The molecule has 0 amide bonds. The van der Waals surface area contributed by atoms with Crippen molar-refractivity contribution >= 4 is 0 Å². The van der Waals surface area contributed by atoms with Crippen LogP contribution in [-0.2, 0) is 4.74 Å².